The third-order valence-corrected chi connectivity index (χ3v) is 4.23. The number of carbonyl (C=O) groups excluding carboxylic acids is 1. The molecule has 0 heterocycles. The van der Waals surface area contributed by atoms with Gasteiger partial charge in [0.25, 0.3) is 0 Å². The Bertz CT molecular complexity index is 645. The van der Waals surface area contributed by atoms with Crippen molar-refractivity contribution in [1.29, 1.82) is 0 Å². The maximum absolute atomic E-state index is 12.9. The second-order valence-electron chi connectivity index (χ2n) is 5.47. The summed E-state index contributed by atoms with van der Waals surface area (Å²) >= 11 is 0. The predicted octanol–water partition coefficient (Wildman–Crippen LogP) is 3.90. The van der Waals surface area contributed by atoms with Gasteiger partial charge in [-0.1, -0.05) is 61.9 Å². The van der Waals surface area contributed by atoms with Crippen LogP contribution in [0.2, 0.25) is 0 Å². The van der Waals surface area contributed by atoms with Gasteiger partial charge in [0, 0.05) is 18.2 Å². The number of fused-ring (bicyclic) bond motifs is 3. The first kappa shape index (κ1) is 14.8. The van der Waals surface area contributed by atoms with Crippen molar-refractivity contribution in [2.75, 3.05) is 13.7 Å². The average Bonchev–Trinajstić information content (AvgIpc) is 2.86. The Hall–Kier alpha value is -2.13. The number of hydrogen-bond donors (Lipinski definition) is 0. The number of rotatable bonds is 5. The summed E-state index contributed by atoms with van der Waals surface area (Å²) in [5.74, 6) is -0.333. The van der Waals surface area contributed by atoms with E-state index in [1.165, 1.54) is 0 Å². The highest BCUT2D eigenvalue weighted by molar-refractivity contribution is 5.96. The van der Waals surface area contributed by atoms with Crippen LogP contribution < -0.4 is 0 Å². The molecule has 0 saturated carbocycles. The Labute approximate surface area is 130 Å². The number of benzene rings is 2. The van der Waals surface area contributed by atoms with Gasteiger partial charge < -0.3 is 9.47 Å². The van der Waals surface area contributed by atoms with E-state index in [2.05, 4.69) is 6.92 Å². The van der Waals surface area contributed by atoms with Crippen LogP contribution in [0.3, 0.4) is 0 Å². The van der Waals surface area contributed by atoms with Crippen molar-refractivity contribution in [3.05, 3.63) is 59.7 Å². The van der Waals surface area contributed by atoms with E-state index >= 15 is 0 Å². The summed E-state index contributed by atoms with van der Waals surface area (Å²) in [7, 11) is 1.57. The lowest BCUT2D eigenvalue weighted by molar-refractivity contribution is -0.165. The highest BCUT2D eigenvalue weighted by Crippen LogP contribution is 2.49. The molecule has 2 aromatic rings. The van der Waals surface area contributed by atoms with Gasteiger partial charge in [0.05, 0.1) is 6.61 Å². The first-order chi connectivity index (χ1) is 10.8. The molecule has 2 aromatic carbocycles. The smallest absolute Gasteiger partial charge is 0.347 e. The molecule has 1 aliphatic rings. The molecular formula is C19H20O3. The fourth-order valence-electron chi connectivity index (χ4n) is 3.13. The molecule has 0 N–H and O–H groups in total. The van der Waals surface area contributed by atoms with Crippen molar-refractivity contribution in [2.24, 2.45) is 0 Å². The van der Waals surface area contributed by atoms with Gasteiger partial charge in [0.15, 0.2) is 0 Å². The Kier molecular flexibility index (Phi) is 3.99. The molecule has 0 amide bonds. The maximum Gasteiger partial charge on any atom is 0.347 e. The summed E-state index contributed by atoms with van der Waals surface area (Å²) in [6.07, 6.45) is 1.84. The van der Waals surface area contributed by atoms with Crippen LogP contribution in [0.1, 0.15) is 30.9 Å². The lowest BCUT2D eigenvalue weighted by atomic mass is 9.91. The predicted molar refractivity (Wildman–Crippen MR) is 85.5 cm³/mol. The number of methoxy groups -OCH3 is 1. The van der Waals surface area contributed by atoms with E-state index in [1.807, 2.05) is 48.5 Å². The molecule has 3 nitrogen and oxygen atoms in total. The number of unbranched alkanes of at least 4 members (excludes halogenated alkanes) is 1. The molecule has 3 heteroatoms. The molecule has 1 aliphatic carbocycles. The van der Waals surface area contributed by atoms with Crippen LogP contribution in [0, 0.1) is 0 Å². The first-order valence-corrected chi connectivity index (χ1v) is 7.67. The molecule has 3 rings (SSSR count). The van der Waals surface area contributed by atoms with Crippen LogP contribution in [0.4, 0.5) is 0 Å². The van der Waals surface area contributed by atoms with Crippen LogP contribution in [0.15, 0.2) is 48.5 Å². The van der Waals surface area contributed by atoms with Gasteiger partial charge in [-0.2, -0.15) is 0 Å². The van der Waals surface area contributed by atoms with Gasteiger partial charge in [0.1, 0.15) is 0 Å². The van der Waals surface area contributed by atoms with Crippen LogP contribution in [-0.2, 0) is 19.9 Å². The molecule has 0 bridgehead atoms. The molecule has 0 spiro atoms. The summed E-state index contributed by atoms with van der Waals surface area (Å²) in [4.78, 5) is 12.9. The average molecular weight is 296 g/mol. The Morgan fingerprint density at radius 2 is 1.55 bits per heavy atom. The summed E-state index contributed by atoms with van der Waals surface area (Å²) in [6, 6.07) is 15.7. The largest absolute Gasteiger partial charge is 0.463 e. The minimum absolute atomic E-state index is 0.333. The van der Waals surface area contributed by atoms with E-state index in [1.54, 1.807) is 7.11 Å². The molecule has 0 aromatic heterocycles. The first-order valence-electron chi connectivity index (χ1n) is 7.67. The Morgan fingerprint density at radius 3 is 2.05 bits per heavy atom. The number of ether oxygens (including phenoxy) is 2. The van der Waals surface area contributed by atoms with Gasteiger partial charge in [-0.15, -0.1) is 0 Å². The van der Waals surface area contributed by atoms with Crippen LogP contribution >= 0.6 is 0 Å². The monoisotopic (exact) mass is 296 g/mol. The summed E-state index contributed by atoms with van der Waals surface area (Å²) in [5.41, 5.74) is 2.64. The molecule has 114 valence electrons. The van der Waals surface area contributed by atoms with E-state index in [9.17, 15) is 4.79 Å². The summed E-state index contributed by atoms with van der Waals surface area (Å²) in [5, 5.41) is 0. The van der Waals surface area contributed by atoms with Crippen molar-refractivity contribution >= 4 is 5.97 Å². The topological polar surface area (TPSA) is 35.5 Å². The van der Waals surface area contributed by atoms with Gasteiger partial charge >= 0.3 is 5.97 Å². The fraction of sp³-hybridized carbons (Fsp3) is 0.316. The van der Waals surface area contributed by atoms with Gasteiger partial charge in [-0.25, -0.2) is 4.79 Å². The van der Waals surface area contributed by atoms with Crippen molar-refractivity contribution in [3.63, 3.8) is 0 Å². The highest BCUT2D eigenvalue weighted by atomic mass is 16.6. The Balaban J connectivity index is 2.12. The van der Waals surface area contributed by atoms with E-state index in [-0.39, 0.29) is 5.97 Å². The normalized spacial score (nSPS) is 14.3. The van der Waals surface area contributed by atoms with Gasteiger partial charge in [-0.3, -0.25) is 0 Å². The second-order valence-corrected chi connectivity index (χ2v) is 5.47. The lowest BCUT2D eigenvalue weighted by Crippen LogP contribution is -2.39. The fourth-order valence-corrected chi connectivity index (χ4v) is 3.13. The summed E-state index contributed by atoms with van der Waals surface area (Å²) < 4.78 is 11.3. The van der Waals surface area contributed by atoms with Crippen LogP contribution in [0.25, 0.3) is 11.1 Å². The quantitative estimate of drug-likeness (QED) is 0.620. The third kappa shape index (κ3) is 2.04. The maximum atomic E-state index is 12.9. The van der Waals surface area contributed by atoms with Gasteiger partial charge in [-0.05, 0) is 17.5 Å². The minimum Gasteiger partial charge on any atom is -0.463 e. The molecule has 0 radical (unpaired) electrons. The standard InChI is InChI=1S/C19H20O3/c1-3-4-13-22-18(20)19(21-2)16-11-7-5-9-14(16)15-10-6-8-12-17(15)19/h5-12H,3-4,13H2,1-2H3. The van der Waals surface area contributed by atoms with Crippen molar-refractivity contribution in [3.8, 4) is 11.1 Å². The zero-order chi connectivity index (χ0) is 15.6. The molecular weight excluding hydrogens is 276 g/mol. The lowest BCUT2D eigenvalue weighted by Gasteiger charge is -2.28. The van der Waals surface area contributed by atoms with Crippen molar-refractivity contribution in [2.45, 2.75) is 25.4 Å². The molecule has 0 atom stereocenters. The van der Waals surface area contributed by atoms with Gasteiger partial charge in [0.2, 0.25) is 5.60 Å². The van der Waals surface area contributed by atoms with Crippen LogP contribution in [-0.4, -0.2) is 19.7 Å². The number of esters is 1. The molecule has 22 heavy (non-hydrogen) atoms. The zero-order valence-electron chi connectivity index (χ0n) is 13.0. The van der Waals surface area contributed by atoms with Crippen molar-refractivity contribution < 1.29 is 14.3 Å². The van der Waals surface area contributed by atoms with E-state index in [4.69, 9.17) is 9.47 Å². The highest BCUT2D eigenvalue weighted by Gasteiger charge is 2.51. The van der Waals surface area contributed by atoms with E-state index < -0.39 is 5.60 Å². The Morgan fingerprint density at radius 1 is 1.00 bits per heavy atom. The zero-order valence-corrected chi connectivity index (χ0v) is 13.0. The SMILES string of the molecule is CCCCOC(=O)C1(OC)c2ccccc2-c2ccccc21. The van der Waals surface area contributed by atoms with Crippen molar-refractivity contribution in [1.82, 2.24) is 0 Å². The third-order valence-electron chi connectivity index (χ3n) is 4.23. The van der Waals surface area contributed by atoms with E-state index in [0.717, 1.165) is 35.1 Å². The molecule has 0 aliphatic heterocycles. The number of hydrogen-bond acceptors (Lipinski definition) is 3. The molecule has 0 fully saturated rings. The van der Waals surface area contributed by atoms with Crippen LogP contribution in [0.5, 0.6) is 0 Å². The minimum atomic E-state index is -1.15. The second kappa shape index (κ2) is 5.93. The summed E-state index contributed by atoms with van der Waals surface area (Å²) in [6.45, 7) is 2.49. The molecule has 0 unspecified atom stereocenters. The van der Waals surface area contributed by atoms with E-state index in [0.29, 0.717) is 6.61 Å². The molecule has 0 saturated heterocycles. The number of carbonyl (C=O) groups is 1.